The first-order chi connectivity index (χ1) is 13.5. The summed E-state index contributed by atoms with van der Waals surface area (Å²) < 4.78 is 10.7. The third kappa shape index (κ3) is 4.61. The number of esters is 1. The van der Waals surface area contributed by atoms with Crippen LogP contribution in [0.2, 0.25) is 5.02 Å². The molecule has 0 aliphatic carbocycles. The van der Waals surface area contributed by atoms with Crippen LogP contribution in [0.1, 0.15) is 13.3 Å². The van der Waals surface area contributed by atoms with E-state index in [1.807, 2.05) is 0 Å². The van der Waals surface area contributed by atoms with E-state index >= 15 is 0 Å². The molecule has 0 radical (unpaired) electrons. The number of benzene rings is 2. The Hall–Kier alpha value is -3.06. The van der Waals surface area contributed by atoms with Gasteiger partial charge < -0.3 is 14.8 Å². The third-order valence-electron chi connectivity index (χ3n) is 4.13. The molecule has 2 amide bonds. The van der Waals surface area contributed by atoms with Crippen LogP contribution >= 0.6 is 11.6 Å². The number of carbonyl (C=O) groups is 3. The lowest BCUT2D eigenvalue weighted by Crippen LogP contribution is -2.39. The van der Waals surface area contributed by atoms with Crippen molar-refractivity contribution in [2.45, 2.75) is 19.4 Å². The molecule has 0 bridgehead atoms. The van der Waals surface area contributed by atoms with E-state index in [1.165, 1.54) is 11.8 Å². The maximum atomic E-state index is 12.4. The van der Waals surface area contributed by atoms with Crippen LogP contribution in [-0.4, -0.2) is 37.0 Å². The lowest BCUT2D eigenvalue weighted by atomic mass is 10.2. The molecule has 1 aliphatic heterocycles. The number of nitrogens with zero attached hydrogens (tertiary/aromatic N) is 1. The Morgan fingerprint density at radius 2 is 1.93 bits per heavy atom. The molecule has 28 heavy (non-hydrogen) atoms. The normalized spacial score (nSPS) is 14.4. The molecule has 1 N–H and O–H groups in total. The lowest BCUT2D eigenvalue weighted by Gasteiger charge is -2.22. The summed E-state index contributed by atoms with van der Waals surface area (Å²) in [6, 6.07) is 13.7. The number of hydrogen-bond acceptors (Lipinski definition) is 5. The summed E-state index contributed by atoms with van der Waals surface area (Å²) in [5.74, 6) is -0.958. The Morgan fingerprint density at radius 1 is 1.21 bits per heavy atom. The summed E-state index contributed by atoms with van der Waals surface area (Å²) in [5, 5.41) is 2.98. The molecule has 0 saturated carbocycles. The molecule has 0 spiro atoms. The molecule has 8 heteroatoms. The molecular weight excluding hydrogens is 384 g/mol. The van der Waals surface area contributed by atoms with Crippen molar-refractivity contribution in [3.63, 3.8) is 0 Å². The summed E-state index contributed by atoms with van der Waals surface area (Å²) in [6.45, 7) is 1.37. The number of ether oxygens (including phenoxy) is 2. The van der Waals surface area contributed by atoms with Crippen molar-refractivity contribution in [2.75, 3.05) is 23.4 Å². The quantitative estimate of drug-likeness (QED) is 0.777. The Morgan fingerprint density at radius 3 is 2.71 bits per heavy atom. The van der Waals surface area contributed by atoms with Gasteiger partial charge in [0, 0.05) is 0 Å². The molecule has 1 heterocycles. The highest BCUT2D eigenvalue weighted by atomic mass is 35.5. The fraction of sp³-hybridized carbons (Fsp3) is 0.250. The van der Waals surface area contributed by atoms with Gasteiger partial charge in [0.05, 0.1) is 29.4 Å². The van der Waals surface area contributed by atoms with Crippen molar-refractivity contribution in [3.05, 3.63) is 53.6 Å². The van der Waals surface area contributed by atoms with E-state index in [9.17, 15) is 14.4 Å². The van der Waals surface area contributed by atoms with Crippen LogP contribution in [0.25, 0.3) is 0 Å². The van der Waals surface area contributed by atoms with Gasteiger partial charge in [-0.2, -0.15) is 0 Å². The SMILES string of the molecule is C[C@@H](OC(=O)CN1C(=O)CCOc2ccccc21)C(=O)Nc1ccccc1Cl. The Kier molecular flexibility index (Phi) is 6.16. The van der Waals surface area contributed by atoms with E-state index in [2.05, 4.69) is 5.32 Å². The monoisotopic (exact) mass is 402 g/mol. The first-order valence-electron chi connectivity index (χ1n) is 8.73. The third-order valence-corrected chi connectivity index (χ3v) is 4.46. The van der Waals surface area contributed by atoms with Crippen molar-refractivity contribution >= 4 is 40.8 Å². The van der Waals surface area contributed by atoms with Gasteiger partial charge in [0.2, 0.25) is 5.91 Å². The fourth-order valence-electron chi connectivity index (χ4n) is 2.71. The summed E-state index contributed by atoms with van der Waals surface area (Å²) in [7, 11) is 0. The van der Waals surface area contributed by atoms with Crippen molar-refractivity contribution in [3.8, 4) is 5.75 Å². The van der Waals surface area contributed by atoms with Crippen LogP contribution in [-0.2, 0) is 19.1 Å². The van der Waals surface area contributed by atoms with E-state index in [0.29, 0.717) is 22.1 Å². The Labute approximate surface area is 167 Å². The molecule has 2 aromatic rings. The molecule has 1 atom stereocenters. The minimum absolute atomic E-state index is 0.143. The number of fused-ring (bicyclic) bond motifs is 1. The van der Waals surface area contributed by atoms with E-state index in [4.69, 9.17) is 21.1 Å². The van der Waals surface area contributed by atoms with Gasteiger partial charge in [-0.05, 0) is 31.2 Å². The van der Waals surface area contributed by atoms with Gasteiger partial charge in [-0.25, -0.2) is 0 Å². The van der Waals surface area contributed by atoms with E-state index < -0.39 is 18.0 Å². The topological polar surface area (TPSA) is 84.9 Å². The Balaban J connectivity index is 1.64. The molecule has 0 aromatic heterocycles. The van der Waals surface area contributed by atoms with Gasteiger partial charge in [0.1, 0.15) is 12.3 Å². The minimum Gasteiger partial charge on any atom is -0.491 e. The largest absolute Gasteiger partial charge is 0.491 e. The zero-order valence-corrected chi connectivity index (χ0v) is 15.9. The number of rotatable bonds is 5. The smallest absolute Gasteiger partial charge is 0.326 e. The van der Waals surface area contributed by atoms with Gasteiger partial charge >= 0.3 is 5.97 Å². The second kappa shape index (κ2) is 8.75. The number of amides is 2. The van der Waals surface area contributed by atoms with E-state index in [0.717, 1.165) is 0 Å². The van der Waals surface area contributed by atoms with Crippen LogP contribution < -0.4 is 15.0 Å². The van der Waals surface area contributed by atoms with Gasteiger partial charge in [-0.3, -0.25) is 19.3 Å². The maximum absolute atomic E-state index is 12.4. The number of para-hydroxylation sites is 3. The molecule has 7 nitrogen and oxygen atoms in total. The van der Waals surface area contributed by atoms with Gasteiger partial charge in [-0.15, -0.1) is 0 Å². The Bertz CT molecular complexity index is 902. The van der Waals surface area contributed by atoms with Crippen molar-refractivity contribution in [1.82, 2.24) is 0 Å². The van der Waals surface area contributed by atoms with Gasteiger partial charge in [-0.1, -0.05) is 35.9 Å². The molecule has 1 aliphatic rings. The molecule has 0 fully saturated rings. The number of carbonyl (C=O) groups excluding carboxylic acids is 3. The zero-order chi connectivity index (χ0) is 20.1. The standard InChI is InChI=1S/C20H19ClN2O5/c1-13(20(26)22-15-7-3-2-6-14(15)21)28-19(25)12-23-16-8-4-5-9-17(16)27-11-10-18(23)24/h2-9,13H,10-12H2,1H3,(H,22,26)/t13-/m1/s1. The summed E-state index contributed by atoms with van der Waals surface area (Å²) in [6.07, 6.45) is -0.915. The average molecular weight is 403 g/mol. The van der Waals surface area contributed by atoms with Gasteiger partial charge in [0.25, 0.3) is 5.91 Å². The molecule has 0 unspecified atom stereocenters. The highest BCUT2D eigenvalue weighted by Gasteiger charge is 2.27. The molecular formula is C20H19ClN2O5. The predicted octanol–water partition coefficient (Wildman–Crippen LogP) is 3.03. The second-order valence-corrected chi connectivity index (χ2v) is 6.55. The number of nitrogens with one attached hydrogen (secondary N) is 1. The van der Waals surface area contributed by atoms with Crippen molar-refractivity contribution in [1.29, 1.82) is 0 Å². The first kappa shape index (κ1) is 19.7. The molecule has 0 saturated heterocycles. The predicted molar refractivity (Wildman–Crippen MR) is 105 cm³/mol. The minimum atomic E-state index is -1.06. The highest BCUT2D eigenvalue weighted by Crippen LogP contribution is 2.30. The van der Waals surface area contributed by atoms with E-state index in [1.54, 1.807) is 48.5 Å². The van der Waals surface area contributed by atoms with Gasteiger partial charge in [0.15, 0.2) is 6.10 Å². The van der Waals surface area contributed by atoms with Crippen molar-refractivity contribution in [2.24, 2.45) is 0 Å². The average Bonchev–Trinajstić information content (AvgIpc) is 2.82. The number of hydrogen-bond donors (Lipinski definition) is 1. The fourth-order valence-corrected chi connectivity index (χ4v) is 2.89. The number of anilines is 2. The van der Waals surface area contributed by atoms with Crippen LogP contribution in [0.15, 0.2) is 48.5 Å². The van der Waals surface area contributed by atoms with Crippen LogP contribution in [0.3, 0.4) is 0 Å². The highest BCUT2D eigenvalue weighted by molar-refractivity contribution is 6.33. The van der Waals surface area contributed by atoms with Crippen LogP contribution in [0.4, 0.5) is 11.4 Å². The zero-order valence-electron chi connectivity index (χ0n) is 15.2. The molecule has 146 valence electrons. The summed E-state index contributed by atoms with van der Waals surface area (Å²) >= 11 is 6.01. The first-order valence-corrected chi connectivity index (χ1v) is 9.10. The van der Waals surface area contributed by atoms with E-state index in [-0.39, 0.29) is 25.5 Å². The van der Waals surface area contributed by atoms with Crippen LogP contribution in [0.5, 0.6) is 5.75 Å². The molecule has 3 rings (SSSR count). The number of halogens is 1. The van der Waals surface area contributed by atoms with Crippen molar-refractivity contribution < 1.29 is 23.9 Å². The molecule has 2 aromatic carbocycles. The summed E-state index contributed by atoms with van der Waals surface area (Å²) in [5.41, 5.74) is 0.918. The lowest BCUT2D eigenvalue weighted by molar-refractivity contribution is -0.152. The maximum Gasteiger partial charge on any atom is 0.326 e. The second-order valence-electron chi connectivity index (χ2n) is 6.15. The van der Waals surface area contributed by atoms with Crippen LogP contribution in [0, 0.1) is 0 Å². The summed E-state index contributed by atoms with van der Waals surface area (Å²) in [4.78, 5) is 38.3.